The Labute approximate surface area is 128 Å². The van der Waals surface area contributed by atoms with Crippen LogP contribution in [0.4, 0.5) is 0 Å². The van der Waals surface area contributed by atoms with Crippen LogP contribution in [0.5, 0.6) is 5.75 Å². The van der Waals surface area contributed by atoms with Crippen molar-refractivity contribution in [2.24, 2.45) is 0 Å². The largest absolute Gasteiger partial charge is 0.497 e. The number of hydrogen-bond donors (Lipinski definition) is 1. The molecule has 0 heterocycles. The lowest BCUT2D eigenvalue weighted by molar-refractivity contribution is -0.138. The van der Waals surface area contributed by atoms with Crippen molar-refractivity contribution in [3.8, 4) is 5.75 Å². The van der Waals surface area contributed by atoms with Gasteiger partial charge < -0.3 is 9.84 Å². The van der Waals surface area contributed by atoms with Gasteiger partial charge in [0.25, 0.3) is 0 Å². The van der Waals surface area contributed by atoms with Gasteiger partial charge in [0.1, 0.15) is 5.75 Å². The van der Waals surface area contributed by atoms with Gasteiger partial charge in [-0.3, -0.25) is 9.59 Å². The van der Waals surface area contributed by atoms with E-state index in [1.54, 1.807) is 43.5 Å². The zero-order valence-corrected chi connectivity index (χ0v) is 12.2. The molecule has 0 amide bonds. The minimum atomic E-state index is -0.826. The first-order valence-corrected chi connectivity index (χ1v) is 7.15. The molecule has 0 saturated carbocycles. The standard InChI is InChI=1S/C18H16O4/c1-22-12-7-5-11(6-8-12)17(19)15-4-2-3-13-14(15)9-10-16(13)18(20)21/h2-8,16H,9-10H2,1H3,(H,20,21). The van der Waals surface area contributed by atoms with Gasteiger partial charge in [-0.2, -0.15) is 0 Å². The van der Waals surface area contributed by atoms with Gasteiger partial charge in [-0.1, -0.05) is 18.2 Å². The van der Waals surface area contributed by atoms with E-state index in [0.29, 0.717) is 29.7 Å². The predicted molar refractivity (Wildman–Crippen MR) is 81.6 cm³/mol. The molecule has 112 valence electrons. The molecule has 2 aromatic rings. The Morgan fingerprint density at radius 2 is 1.86 bits per heavy atom. The first-order valence-electron chi connectivity index (χ1n) is 7.15. The highest BCUT2D eigenvalue weighted by Gasteiger charge is 2.31. The molecule has 0 radical (unpaired) electrons. The van der Waals surface area contributed by atoms with Crippen LogP contribution < -0.4 is 4.74 Å². The Morgan fingerprint density at radius 3 is 2.50 bits per heavy atom. The van der Waals surface area contributed by atoms with E-state index >= 15 is 0 Å². The van der Waals surface area contributed by atoms with E-state index in [4.69, 9.17) is 4.74 Å². The number of methoxy groups -OCH3 is 1. The summed E-state index contributed by atoms with van der Waals surface area (Å²) in [4.78, 5) is 24.0. The highest BCUT2D eigenvalue weighted by Crippen LogP contribution is 2.36. The molecule has 0 spiro atoms. The molecule has 4 nitrogen and oxygen atoms in total. The van der Waals surface area contributed by atoms with Crippen LogP contribution in [-0.2, 0) is 11.2 Å². The van der Waals surface area contributed by atoms with Crippen molar-refractivity contribution in [2.75, 3.05) is 7.11 Å². The van der Waals surface area contributed by atoms with E-state index < -0.39 is 11.9 Å². The minimum Gasteiger partial charge on any atom is -0.497 e. The summed E-state index contributed by atoms with van der Waals surface area (Å²) in [6.07, 6.45) is 1.18. The summed E-state index contributed by atoms with van der Waals surface area (Å²) < 4.78 is 5.09. The summed E-state index contributed by atoms with van der Waals surface area (Å²) in [7, 11) is 1.58. The average Bonchev–Trinajstić information content (AvgIpc) is 2.98. The summed E-state index contributed by atoms with van der Waals surface area (Å²) in [6, 6.07) is 12.3. The van der Waals surface area contributed by atoms with Crippen LogP contribution in [0.25, 0.3) is 0 Å². The number of carbonyl (C=O) groups is 2. The number of fused-ring (bicyclic) bond motifs is 1. The number of aliphatic carboxylic acids is 1. The molecule has 4 heteroatoms. The van der Waals surface area contributed by atoms with E-state index in [2.05, 4.69) is 0 Å². The number of rotatable bonds is 4. The number of carboxylic acid groups (broad SMARTS) is 1. The lowest BCUT2D eigenvalue weighted by Crippen LogP contribution is -2.09. The topological polar surface area (TPSA) is 63.6 Å². The van der Waals surface area contributed by atoms with Crippen molar-refractivity contribution in [3.63, 3.8) is 0 Å². The van der Waals surface area contributed by atoms with Crippen LogP contribution >= 0.6 is 0 Å². The molecule has 0 aromatic heterocycles. The van der Waals surface area contributed by atoms with Gasteiger partial charge in [0.05, 0.1) is 13.0 Å². The fourth-order valence-electron chi connectivity index (χ4n) is 3.02. The second kappa shape index (κ2) is 5.64. The molecule has 3 rings (SSSR count). The smallest absolute Gasteiger partial charge is 0.310 e. The Balaban J connectivity index is 1.98. The molecule has 1 atom stereocenters. The molecule has 1 aliphatic carbocycles. The first-order chi connectivity index (χ1) is 10.6. The molecule has 22 heavy (non-hydrogen) atoms. The second-order valence-electron chi connectivity index (χ2n) is 5.36. The highest BCUT2D eigenvalue weighted by molar-refractivity contribution is 6.10. The summed E-state index contributed by atoms with van der Waals surface area (Å²) in [5.41, 5.74) is 2.82. The first kappa shape index (κ1) is 14.3. The van der Waals surface area contributed by atoms with E-state index in [0.717, 1.165) is 11.1 Å². The molecule has 0 bridgehead atoms. The van der Waals surface area contributed by atoms with Gasteiger partial charge in [0.2, 0.25) is 0 Å². The van der Waals surface area contributed by atoms with Gasteiger partial charge in [-0.15, -0.1) is 0 Å². The Kier molecular flexibility index (Phi) is 3.67. The third kappa shape index (κ3) is 2.37. The molecule has 1 aliphatic rings. The maximum Gasteiger partial charge on any atom is 0.310 e. The Morgan fingerprint density at radius 1 is 1.14 bits per heavy atom. The maximum atomic E-state index is 12.7. The summed E-state index contributed by atoms with van der Waals surface area (Å²) in [5.74, 6) is -0.710. The second-order valence-corrected chi connectivity index (χ2v) is 5.36. The van der Waals surface area contributed by atoms with Crippen LogP contribution in [0.3, 0.4) is 0 Å². The van der Waals surface area contributed by atoms with Crippen molar-refractivity contribution in [1.82, 2.24) is 0 Å². The number of carboxylic acids is 1. The Hall–Kier alpha value is -2.62. The van der Waals surface area contributed by atoms with Crippen molar-refractivity contribution < 1.29 is 19.4 Å². The third-order valence-corrected chi connectivity index (χ3v) is 4.17. The molecule has 1 N–H and O–H groups in total. The van der Waals surface area contributed by atoms with Crippen LogP contribution in [0.15, 0.2) is 42.5 Å². The minimum absolute atomic E-state index is 0.0782. The molecule has 0 saturated heterocycles. The van der Waals surface area contributed by atoms with Crippen molar-refractivity contribution in [2.45, 2.75) is 18.8 Å². The number of hydrogen-bond acceptors (Lipinski definition) is 3. The zero-order valence-electron chi connectivity index (χ0n) is 12.2. The predicted octanol–water partition coefficient (Wildman–Crippen LogP) is 3.04. The number of ketones is 1. The number of benzene rings is 2. The molecular weight excluding hydrogens is 280 g/mol. The fourth-order valence-corrected chi connectivity index (χ4v) is 3.02. The van der Waals surface area contributed by atoms with Gasteiger partial charge in [-0.05, 0) is 48.2 Å². The quantitative estimate of drug-likeness (QED) is 0.881. The van der Waals surface area contributed by atoms with Crippen LogP contribution in [-0.4, -0.2) is 24.0 Å². The summed E-state index contributed by atoms with van der Waals surface area (Å²) in [6.45, 7) is 0. The van der Waals surface area contributed by atoms with Gasteiger partial charge >= 0.3 is 5.97 Å². The van der Waals surface area contributed by atoms with Crippen LogP contribution in [0, 0.1) is 0 Å². The normalized spacial score (nSPS) is 16.1. The van der Waals surface area contributed by atoms with E-state index in [-0.39, 0.29) is 5.78 Å². The zero-order chi connectivity index (χ0) is 15.7. The van der Waals surface area contributed by atoms with E-state index in [1.165, 1.54) is 0 Å². The van der Waals surface area contributed by atoms with E-state index in [9.17, 15) is 14.7 Å². The average molecular weight is 296 g/mol. The molecule has 0 aliphatic heterocycles. The number of ether oxygens (including phenoxy) is 1. The molecule has 1 unspecified atom stereocenters. The summed E-state index contributed by atoms with van der Waals surface area (Å²) in [5, 5.41) is 9.27. The lowest BCUT2D eigenvalue weighted by atomic mass is 9.94. The third-order valence-electron chi connectivity index (χ3n) is 4.17. The van der Waals surface area contributed by atoms with Crippen molar-refractivity contribution in [1.29, 1.82) is 0 Å². The monoisotopic (exact) mass is 296 g/mol. The van der Waals surface area contributed by atoms with Crippen molar-refractivity contribution >= 4 is 11.8 Å². The maximum absolute atomic E-state index is 12.7. The molecular formula is C18H16O4. The van der Waals surface area contributed by atoms with Gasteiger partial charge in [0.15, 0.2) is 5.78 Å². The van der Waals surface area contributed by atoms with Crippen LogP contribution in [0.1, 0.15) is 39.4 Å². The lowest BCUT2D eigenvalue weighted by Gasteiger charge is -2.10. The fraction of sp³-hybridized carbons (Fsp3) is 0.222. The Bertz CT molecular complexity index is 731. The summed E-state index contributed by atoms with van der Waals surface area (Å²) >= 11 is 0. The number of carbonyl (C=O) groups excluding carboxylic acids is 1. The van der Waals surface area contributed by atoms with Crippen LogP contribution in [0.2, 0.25) is 0 Å². The SMILES string of the molecule is COc1ccc(C(=O)c2cccc3c2CCC3C(=O)O)cc1. The van der Waals surface area contributed by atoms with Crippen molar-refractivity contribution in [3.05, 3.63) is 64.7 Å². The van der Waals surface area contributed by atoms with Gasteiger partial charge in [-0.25, -0.2) is 0 Å². The van der Waals surface area contributed by atoms with Gasteiger partial charge in [0, 0.05) is 11.1 Å². The molecule has 0 fully saturated rings. The highest BCUT2D eigenvalue weighted by atomic mass is 16.5. The van der Waals surface area contributed by atoms with E-state index in [1.807, 2.05) is 6.07 Å². The molecule has 2 aromatic carbocycles.